The Morgan fingerprint density at radius 1 is 1.07 bits per heavy atom. The molecule has 0 saturated carbocycles. The summed E-state index contributed by atoms with van der Waals surface area (Å²) in [6, 6.07) is 3.85. The van der Waals surface area contributed by atoms with Gasteiger partial charge in [-0.05, 0) is 12.8 Å². The SMILES string of the molecule is CC.CC.CCCN(CCC)c1cc(N)nc(OCCc2cnc(C)o2)c1. The van der Waals surface area contributed by atoms with Crippen LogP contribution in [0, 0.1) is 6.92 Å². The summed E-state index contributed by atoms with van der Waals surface area (Å²) in [7, 11) is 0. The second-order valence-corrected chi connectivity index (χ2v) is 5.52. The first-order valence-corrected chi connectivity index (χ1v) is 10.2. The molecule has 0 radical (unpaired) electrons. The van der Waals surface area contributed by atoms with Crippen LogP contribution in [0.5, 0.6) is 5.88 Å². The number of ether oxygens (including phenoxy) is 1. The standard InChI is InChI=1S/C17H26N4O2.2C2H6/c1-4-7-21(8-5-2)14-10-16(18)20-17(11-14)22-9-6-15-12-19-13(3)23-15;2*1-2/h10-12H,4-9H2,1-3H3,(H2,18,20);2*1-2H3. The van der Waals surface area contributed by atoms with Crippen molar-refractivity contribution >= 4 is 11.5 Å². The van der Waals surface area contributed by atoms with Crippen LogP contribution in [-0.4, -0.2) is 29.7 Å². The second-order valence-electron chi connectivity index (χ2n) is 5.52. The molecule has 2 aromatic rings. The number of hydrogen-bond acceptors (Lipinski definition) is 6. The maximum atomic E-state index is 5.93. The van der Waals surface area contributed by atoms with Crippen molar-refractivity contribution in [2.75, 3.05) is 30.3 Å². The van der Waals surface area contributed by atoms with Gasteiger partial charge in [-0.2, -0.15) is 4.98 Å². The molecule has 2 heterocycles. The van der Waals surface area contributed by atoms with E-state index in [4.69, 9.17) is 14.9 Å². The van der Waals surface area contributed by atoms with Crippen molar-refractivity contribution < 1.29 is 9.15 Å². The van der Waals surface area contributed by atoms with Gasteiger partial charge in [0.2, 0.25) is 5.88 Å². The molecule has 27 heavy (non-hydrogen) atoms. The third-order valence-corrected chi connectivity index (χ3v) is 3.43. The molecule has 0 fully saturated rings. The van der Waals surface area contributed by atoms with Crippen molar-refractivity contribution in [3.05, 3.63) is 30.0 Å². The van der Waals surface area contributed by atoms with Crippen LogP contribution < -0.4 is 15.4 Å². The van der Waals surface area contributed by atoms with E-state index < -0.39 is 0 Å². The van der Waals surface area contributed by atoms with Crippen molar-refractivity contribution in [2.45, 2.75) is 67.7 Å². The number of nitrogens with zero attached hydrogens (tertiary/aromatic N) is 3. The zero-order chi connectivity index (χ0) is 20.7. The number of pyridine rings is 1. The fraction of sp³-hybridized carbons (Fsp3) is 0.619. The smallest absolute Gasteiger partial charge is 0.217 e. The predicted molar refractivity (Wildman–Crippen MR) is 115 cm³/mol. The molecule has 2 N–H and O–H groups in total. The molecule has 2 rings (SSSR count). The monoisotopic (exact) mass is 378 g/mol. The van der Waals surface area contributed by atoms with E-state index in [0.29, 0.717) is 30.6 Å². The van der Waals surface area contributed by atoms with Gasteiger partial charge in [-0.1, -0.05) is 41.5 Å². The van der Waals surface area contributed by atoms with Crippen molar-refractivity contribution in [3.63, 3.8) is 0 Å². The zero-order valence-corrected chi connectivity index (χ0v) is 18.2. The maximum Gasteiger partial charge on any atom is 0.217 e. The van der Waals surface area contributed by atoms with E-state index in [2.05, 4.69) is 28.7 Å². The minimum atomic E-state index is 0.477. The van der Waals surface area contributed by atoms with Gasteiger partial charge in [-0.3, -0.25) is 0 Å². The molecule has 0 atom stereocenters. The molecule has 0 spiro atoms. The third-order valence-electron chi connectivity index (χ3n) is 3.43. The topological polar surface area (TPSA) is 77.4 Å². The lowest BCUT2D eigenvalue weighted by Gasteiger charge is -2.24. The summed E-state index contributed by atoms with van der Waals surface area (Å²) in [5.74, 6) is 2.50. The van der Waals surface area contributed by atoms with Gasteiger partial charge in [0, 0.05) is 44.3 Å². The minimum absolute atomic E-state index is 0.477. The lowest BCUT2D eigenvalue weighted by molar-refractivity contribution is 0.297. The van der Waals surface area contributed by atoms with Crippen molar-refractivity contribution in [3.8, 4) is 5.88 Å². The molecule has 0 saturated heterocycles. The van der Waals surface area contributed by atoms with E-state index in [0.717, 1.165) is 37.4 Å². The number of oxazole rings is 1. The van der Waals surface area contributed by atoms with Crippen molar-refractivity contribution in [1.29, 1.82) is 0 Å². The normalized spacial score (nSPS) is 9.59. The van der Waals surface area contributed by atoms with Crippen molar-refractivity contribution in [1.82, 2.24) is 9.97 Å². The number of hydrogen-bond donors (Lipinski definition) is 1. The summed E-state index contributed by atoms with van der Waals surface area (Å²) in [6.45, 7) is 16.6. The molecular weight excluding hydrogens is 340 g/mol. The summed E-state index contributed by atoms with van der Waals surface area (Å²) < 4.78 is 11.2. The minimum Gasteiger partial charge on any atom is -0.477 e. The summed E-state index contributed by atoms with van der Waals surface area (Å²) >= 11 is 0. The number of nitrogens with two attached hydrogens (primary N) is 1. The molecule has 0 aromatic carbocycles. The molecule has 0 aliphatic carbocycles. The molecule has 6 nitrogen and oxygen atoms in total. The Labute approximate surface area is 165 Å². The molecule has 2 aromatic heterocycles. The predicted octanol–water partition coefficient (Wildman–Crippen LogP) is 5.26. The first-order valence-electron chi connectivity index (χ1n) is 10.2. The molecule has 6 heteroatoms. The van der Waals surface area contributed by atoms with Gasteiger partial charge in [0.25, 0.3) is 0 Å². The van der Waals surface area contributed by atoms with Crippen LogP contribution in [0.15, 0.2) is 22.7 Å². The summed E-state index contributed by atoms with van der Waals surface area (Å²) in [4.78, 5) is 10.6. The Bertz CT molecular complexity index is 608. The largest absolute Gasteiger partial charge is 0.477 e. The number of aryl methyl sites for hydroxylation is 1. The number of aromatic nitrogens is 2. The summed E-state index contributed by atoms with van der Waals surface area (Å²) in [5, 5.41) is 0. The lowest BCUT2D eigenvalue weighted by Crippen LogP contribution is -2.25. The molecule has 0 amide bonds. The van der Waals surface area contributed by atoms with Crippen molar-refractivity contribution in [2.24, 2.45) is 0 Å². The first kappa shape index (κ1) is 24.8. The molecule has 0 bridgehead atoms. The highest BCUT2D eigenvalue weighted by atomic mass is 16.5. The molecular formula is C21H38N4O2. The number of nitrogen functional groups attached to an aromatic ring is 1. The van der Waals surface area contributed by atoms with E-state index in [1.54, 1.807) is 6.20 Å². The van der Waals surface area contributed by atoms with Crippen LogP contribution in [0.4, 0.5) is 11.5 Å². The van der Waals surface area contributed by atoms with Crippen LogP contribution in [0.3, 0.4) is 0 Å². The van der Waals surface area contributed by atoms with E-state index in [1.165, 1.54) is 0 Å². The maximum absolute atomic E-state index is 5.93. The molecule has 154 valence electrons. The van der Waals surface area contributed by atoms with Gasteiger partial charge in [0.15, 0.2) is 5.89 Å². The van der Waals surface area contributed by atoms with Gasteiger partial charge in [-0.25, -0.2) is 4.98 Å². The second kappa shape index (κ2) is 14.9. The van der Waals surface area contributed by atoms with Gasteiger partial charge in [0.1, 0.15) is 11.6 Å². The van der Waals surface area contributed by atoms with Crippen LogP contribution in [0.25, 0.3) is 0 Å². The Balaban J connectivity index is 0.00000158. The van der Waals surface area contributed by atoms with Crippen LogP contribution >= 0.6 is 0 Å². The quantitative estimate of drug-likeness (QED) is 0.641. The Morgan fingerprint density at radius 2 is 1.70 bits per heavy atom. The van der Waals surface area contributed by atoms with E-state index in [1.807, 2.05) is 46.8 Å². The average molecular weight is 379 g/mol. The van der Waals surface area contributed by atoms with Crippen LogP contribution in [-0.2, 0) is 6.42 Å². The Kier molecular flexibility index (Phi) is 13.6. The fourth-order valence-corrected chi connectivity index (χ4v) is 2.45. The van der Waals surface area contributed by atoms with Gasteiger partial charge in [0.05, 0.1) is 12.8 Å². The fourth-order valence-electron chi connectivity index (χ4n) is 2.45. The van der Waals surface area contributed by atoms with Gasteiger partial charge >= 0.3 is 0 Å². The van der Waals surface area contributed by atoms with Crippen LogP contribution in [0.2, 0.25) is 0 Å². The highest BCUT2D eigenvalue weighted by Crippen LogP contribution is 2.23. The van der Waals surface area contributed by atoms with Gasteiger partial charge in [-0.15, -0.1) is 0 Å². The first-order chi connectivity index (χ1) is 13.1. The Morgan fingerprint density at radius 3 is 2.22 bits per heavy atom. The van der Waals surface area contributed by atoms with Crippen LogP contribution in [0.1, 0.15) is 66.0 Å². The summed E-state index contributed by atoms with van der Waals surface area (Å²) in [6.07, 6.45) is 4.55. The Hall–Kier alpha value is -2.24. The lowest BCUT2D eigenvalue weighted by atomic mass is 10.3. The van der Waals surface area contributed by atoms with E-state index in [-0.39, 0.29) is 0 Å². The molecule has 0 aliphatic heterocycles. The molecule has 0 aliphatic rings. The highest BCUT2D eigenvalue weighted by Gasteiger charge is 2.09. The average Bonchev–Trinajstić information content (AvgIpc) is 3.09. The number of rotatable bonds is 9. The molecule has 0 unspecified atom stereocenters. The van der Waals surface area contributed by atoms with Gasteiger partial charge < -0.3 is 19.8 Å². The number of anilines is 2. The zero-order valence-electron chi connectivity index (χ0n) is 18.2. The summed E-state index contributed by atoms with van der Waals surface area (Å²) in [5.41, 5.74) is 6.99. The highest BCUT2D eigenvalue weighted by molar-refractivity contribution is 5.55. The third kappa shape index (κ3) is 9.31. The van der Waals surface area contributed by atoms with E-state index in [9.17, 15) is 0 Å². The van der Waals surface area contributed by atoms with E-state index >= 15 is 0 Å².